The number of oxime groups is 1. The number of hydrogen-bond donors (Lipinski definition) is 2. The zero-order valence-corrected chi connectivity index (χ0v) is 13.8. The van der Waals surface area contributed by atoms with Crippen molar-refractivity contribution in [2.75, 3.05) is 6.54 Å². The van der Waals surface area contributed by atoms with Crippen molar-refractivity contribution < 1.29 is 14.7 Å². The molecule has 0 atom stereocenters. The molecule has 0 unspecified atom stereocenters. The van der Waals surface area contributed by atoms with Crippen LogP contribution in [0.25, 0.3) is 0 Å². The molecule has 126 valence electrons. The van der Waals surface area contributed by atoms with Crippen molar-refractivity contribution in [2.45, 2.75) is 26.9 Å². The number of benzene rings is 1. The number of carbonyl (C=O) groups excluding carboxylic acids is 1. The molecule has 24 heavy (non-hydrogen) atoms. The Hall–Kier alpha value is -2.89. The molecular weight excluding hydrogens is 306 g/mol. The van der Waals surface area contributed by atoms with Crippen LogP contribution in [0, 0.1) is 0 Å². The van der Waals surface area contributed by atoms with Gasteiger partial charge in [0.05, 0.1) is 0 Å². The molecule has 0 aliphatic carbocycles. The minimum atomic E-state index is -0.0798. The number of hydrogen-bond acceptors (Lipinski definition) is 5. The Kier molecular flexibility index (Phi) is 6.31. The molecule has 2 N–H and O–H groups in total. The molecular formula is C18H21N3O3. The van der Waals surface area contributed by atoms with Crippen molar-refractivity contribution in [1.82, 2.24) is 10.3 Å². The number of rotatable bonds is 7. The van der Waals surface area contributed by atoms with Gasteiger partial charge in [-0.05, 0) is 43.2 Å². The molecule has 6 nitrogen and oxygen atoms in total. The van der Waals surface area contributed by atoms with Gasteiger partial charge in [-0.1, -0.05) is 24.2 Å². The van der Waals surface area contributed by atoms with Gasteiger partial charge in [0, 0.05) is 18.3 Å². The fourth-order valence-corrected chi connectivity index (χ4v) is 2.02. The Balaban J connectivity index is 1.92. The number of aromatic nitrogens is 1. The van der Waals surface area contributed by atoms with E-state index in [-0.39, 0.29) is 18.3 Å². The summed E-state index contributed by atoms with van der Waals surface area (Å²) >= 11 is 0. The van der Waals surface area contributed by atoms with Crippen LogP contribution in [-0.2, 0) is 11.4 Å². The van der Waals surface area contributed by atoms with E-state index in [1.165, 1.54) is 0 Å². The average Bonchev–Trinajstić information content (AvgIpc) is 2.60. The number of nitrogens with zero attached hydrogens (tertiary/aromatic N) is 2. The van der Waals surface area contributed by atoms with Gasteiger partial charge in [0.25, 0.3) is 5.91 Å². The van der Waals surface area contributed by atoms with Crippen LogP contribution in [0.1, 0.15) is 41.9 Å². The molecule has 1 amide bonds. The second-order valence-corrected chi connectivity index (χ2v) is 5.27. The maximum atomic E-state index is 11.8. The van der Waals surface area contributed by atoms with E-state index in [0.29, 0.717) is 23.5 Å². The van der Waals surface area contributed by atoms with Crippen LogP contribution in [0.2, 0.25) is 0 Å². The molecule has 1 aromatic carbocycles. The van der Waals surface area contributed by atoms with Gasteiger partial charge in [-0.3, -0.25) is 9.78 Å². The predicted molar refractivity (Wildman–Crippen MR) is 92.0 cm³/mol. The zero-order valence-electron chi connectivity index (χ0n) is 13.8. The Morgan fingerprint density at radius 3 is 2.71 bits per heavy atom. The van der Waals surface area contributed by atoms with Gasteiger partial charge in [0.2, 0.25) is 0 Å². The van der Waals surface area contributed by atoms with E-state index in [1.807, 2.05) is 19.1 Å². The molecule has 1 aromatic heterocycles. The predicted octanol–water partition coefficient (Wildman–Crippen LogP) is 2.87. The summed E-state index contributed by atoms with van der Waals surface area (Å²) in [7, 11) is 0. The number of aromatic hydroxyl groups is 1. The summed E-state index contributed by atoms with van der Waals surface area (Å²) in [6.07, 6.45) is 2.48. The van der Waals surface area contributed by atoms with Gasteiger partial charge in [-0.2, -0.15) is 0 Å². The maximum absolute atomic E-state index is 11.8. The monoisotopic (exact) mass is 327 g/mol. The summed E-state index contributed by atoms with van der Waals surface area (Å²) in [5.74, 6) is -0.0198. The van der Waals surface area contributed by atoms with E-state index in [1.54, 1.807) is 37.4 Å². The standard InChI is InChI=1S/C18H21N3O3/c1-3-10-20-18(23)15-8-6-14(7-9-15)12-24-21-13(2)17-16(22)5-4-11-19-17/h4-9,11,22H,3,10,12H2,1-2H3,(H,20,23). The van der Waals surface area contributed by atoms with Crippen LogP contribution >= 0.6 is 0 Å². The van der Waals surface area contributed by atoms with Crippen LogP contribution in [0.15, 0.2) is 47.8 Å². The van der Waals surface area contributed by atoms with Gasteiger partial charge < -0.3 is 15.3 Å². The highest BCUT2D eigenvalue weighted by molar-refractivity contribution is 5.98. The van der Waals surface area contributed by atoms with Crippen LogP contribution in [0.3, 0.4) is 0 Å². The minimum absolute atomic E-state index is 0.0600. The number of nitrogens with one attached hydrogen (secondary N) is 1. The lowest BCUT2D eigenvalue weighted by atomic mass is 10.1. The van der Waals surface area contributed by atoms with E-state index < -0.39 is 0 Å². The number of pyridine rings is 1. The van der Waals surface area contributed by atoms with E-state index in [0.717, 1.165) is 12.0 Å². The lowest BCUT2D eigenvalue weighted by Crippen LogP contribution is -2.23. The van der Waals surface area contributed by atoms with Crippen molar-refractivity contribution in [2.24, 2.45) is 5.16 Å². The second kappa shape index (κ2) is 8.67. The third-order valence-electron chi connectivity index (χ3n) is 3.31. The van der Waals surface area contributed by atoms with Gasteiger partial charge in [0.1, 0.15) is 23.8 Å². The summed E-state index contributed by atoms with van der Waals surface area (Å²) in [5, 5.41) is 16.5. The molecule has 2 aromatic rings. The first-order valence-electron chi connectivity index (χ1n) is 7.80. The molecule has 0 saturated carbocycles. The molecule has 0 bridgehead atoms. The van der Waals surface area contributed by atoms with Gasteiger partial charge in [0.15, 0.2) is 0 Å². The first kappa shape index (κ1) is 17.5. The SMILES string of the molecule is CCCNC(=O)c1ccc(CON=C(C)c2ncccc2O)cc1. The Labute approximate surface area is 141 Å². The minimum Gasteiger partial charge on any atom is -0.506 e. The Morgan fingerprint density at radius 1 is 1.29 bits per heavy atom. The van der Waals surface area contributed by atoms with Gasteiger partial charge >= 0.3 is 0 Å². The van der Waals surface area contributed by atoms with Crippen molar-refractivity contribution in [3.8, 4) is 5.75 Å². The Morgan fingerprint density at radius 2 is 2.04 bits per heavy atom. The normalized spacial score (nSPS) is 11.2. The van der Waals surface area contributed by atoms with Crippen LogP contribution in [0.4, 0.5) is 0 Å². The highest BCUT2D eigenvalue weighted by Crippen LogP contribution is 2.14. The second-order valence-electron chi connectivity index (χ2n) is 5.27. The average molecular weight is 327 g/mol. The van der Waals surface area contributed by atoms with Gasteiger partial charge in [-0.25, -0.2) is 0 Å². The topological polar surface area (TPSA) is 83.8 Å². The summed E-state index contributed by atoms with van der Waals surface area (Å²) < 4.78 is 0. The van der Waals surface area contributed by atoms with Crippen LogP contribution in [0.5, 0.6) is 5.75 Å². The van der Waals surface area contributed by atoms with Crippen LogP contribution in [-0.4, -0.2) is 28.3 Å². The van der Waals surface area contributed by atoms with Crippen LogP contribution < -0.4 is 5.32 Å². The highest BCUT2D eigenvalue weighted by Gasteiger charge is 2.06. The third-order valence-corrected chi connectivity index (χ3v) is 3.31. The smallest absolute Gasteiger partial charge is 0.251 e. The molecule has 0 spiro atoms. The van der Waals surface area contributed by atoms with Crippen molar-refractivity contribution in [3.05, 3.63) is 59.4 Å². The van der Waals surface area contributed by atoms with E-state index in [2.05, 4.69) is 15.5 Å². The molecule has 6 heteroatoms. The molecule has 0 aliphatic heterocycles. The van der Waals surface area contributed by atoms with E-state index in [9.17, 15) is 9.90 Å². The fraction of sp³-hybridized carbons (Fsp3) is 0.278. The zero-order chi connectivity index (χ0) is 17.4. The molecule has 0 saturated heterocycles. The van der Waals surface area contributed by atoms with Crippen molar-refractivity contribution >= 4 is 11.6 Å². The van der Waals surface area contributed by atoms with Gasteiger partial charge in [-0.15, -0.1) is 0 Å². The quantitative estimate of drug-likeness (QED) is 0.605. The molecule has 0 radical (unpaired) electrons. The third kappa shape index (κ3) is 4.81. The summed E-state index contributed by atoms with van der Waals surface area (Å²) in [4.78, 5) is 21.2. The maximum Gasteiger partial charge on any atom is 0.251 e. The highest BCUT2D eigenvalue weighted by atomic mass is 16.6. The summed E-state index contributed by atoms with van der Waals surface area (Å²) in [6, 6.07) is 10.3. The fourth-order valence-electron chi connectivity index (χ4n) is 2.02. The van der Waals surface area contributed by atoms with E-state index >= 15 is 0 Å². The Bertz CT molecular complexity index is 712. The lowest BCUT2D eigenvalue weighted by Gasteiger charge is -2.06. The number of carbonyl (C=O) groups is 1. The lowest BCUT2D eigenvalue weighted by molar-refractivity contribution is 0.0953. The van der Waals surface area contributed by atoms with Crippen molar-refractivity contribution in [3.63, 3.8) is 0 Å². The summed E-state index contributed by atoms with van der Waals surface area (Å²) in [6.45, 7) is 4.65. The number of amides is 1. The van der Waals surface area contributed by atoms with E-state index in [4.69, 9.17) is 4.84 Å². The molecule has 1 heterocycles. The first-order chi connectivity index (χ1) is 11.6. The summed E-state index contributed by atoms with van der Waals surface area (Å²) in [5.41, 5.74) is 2.39. The molecule has 2 rings (SSSR count). The largest absolute Gasteiger partial charge is 0.506 e. The first-order valence-corrected chi connectivity index (χ1v) is 7.80. The van der Waals surface area contributed by atoms with Crippen molar-refractivity contribution in [1.29, 1.82) is 0 Å². The molecule has 0 aliphatic rings. The molecule has 0 fully saturated rings.